The van der Waals surface area contributed by atoms with E-state index in [9.17, 15) is 0 Å². The molecule has 4 unspecified atom stereocenters. The van der Waals surface area contributed by atoms with Crippen LogP contribution in [0.4, 0.5) is 0 Å². The van der Waals surface area contributed by atoms with Gasteiger partial charge in [-0.1, -0.05) is 20.3 Å². The summed E-state index contributed by atoms with van der Waals surface area (Å²) >= 11 is 0. The molecule has 2 fully saturated rings. The summed E-state index contributed by atoms with van der Waals surface area (Å²) in [7, 11) is 0. The minimum Gasteiger partial charge on any atom is -0.315 e. The van der Waals surface area contributed by atoms with Crippen LogP contribution >= 0.6 is 0 Å². The number of hydrogen-bond donors (Lipinski definition) is 1. The number of nitrogens with zero attached hydrogens (tertiary/aromatic N) is 1. The molecule has 4 atom stereocenters. The first-order chi connectivity index (χ1) is 7.68. The van der Waals surface area contributed by atoms with Gasteiger partial charge in [-0.3, -0.25) is 4.90 Å². The number of likely N-dealkylation sites (tertiary alicyclic amines) is 1. The molecule has 0 aliphatic carbocycles. The third kappa shape index (κ3) is 2.78. The molecule has 2 aliphatic heterocycles. The fraction of sp³-hybridized carbons (Fsp3) is 1.00. The summed E-state index contributed by atoms with van der Waals surface area (Å²) in [6, 6.07) is 1.57. The average Bonchev–Trinajstić information content (AvgIpc) is 2.51. The Bertz CT molecular complexity index is 209. The quantitative estimate of drug-likeness (QED) is 0.736. The molecule has 0 amide bonds. The minimum atomic E-state index is 0.779. The van der Waals surface area contributed by atoms with E-state index in [0.29, 0.717) is 0 Å². The number of hydrogen-bond acceptors (Lipinski definition) is 2. The molecule has 2 saturated heterocycles. The van der Waals surface area contributed by atoms with E-state index in [1.807, 2.05) is 0 Å². The summed E-state index contributed by atoms with van der Waals surface area (Å²) in [5, 5.41) is 3.60. The molecule has 2 rings (SSSR count). The normalized spacial score (nSPS) is 42.9. The number of rotatable bonds is 1. The molecule has 94 valence electrons. The highest BCUT2D eigenvalue weighted by molar-refractivity contribution is 4.88. The topological polar surface area (TPSA) is 15.3 Å². The Morgan fingerprint density at radius 1 is 1.12 bits per heavy atom. The van der Waals surface area contributed by atoms with Crippen molar-refractivity contribution < 1.29 is 0 Å². The highest BCUT2D eigenvalue weighted by atomic mass is 15.2. The lowest BCUT2D eigenvalue weighted by atomic mass is 9.84. The summed E-state index contributed by atoms with van der Waals surface area (Å²) in [4.78, 5) is 2.79. The first-order valence-corrected chi connectivity index (χ1v) is 7.15. The molecule has 2 aliphatic rings. The van der Waals surface area contributed by atoms with Gasteiger partial charge in [0.1, 0.15) is 0 Å². The van der Waals surface area contributed by atoms with Gasteiger partial charge in [0.25, 0.3) is 0 Å². The standard InChI is InChI=1S/C14H28N2/c1-11-8-12(2)13(3)16(10-11)14-6-4-5-7-15-9-14/h11-15H,4-10H2,1-3H3. The summed E-state index contributed by atoms with van der Waals surface area (Å²) in [5.41, 5.74) is 0. The first kappa shape index (κ1) is 12.4. The zero-order valence-electron chi connectivity index (χ0n) is 11.2. The van der Waals surface area contributed by atoms with Crippen molar-refractivity contribution in [2.24, 2.45) is 11.8 Å². The van der Waals surface area contributed by atoms with Crippen molar-refractivity contribution in [3.05, 3.63) is 0 Å². The minimum absolute atomic E-state index is 0.779. The van der Waals surface area contributed by atoms with E-state index in [1.54, 1.807) is 0 Å². The fourth-order valence-corrected chi connectivity index (χ4v) is 3.52. The Balaban J connectivity index is 1.99. The fourth-order valence-electron chi connectivity index (χ4n) is 3.52. The van der Waals surface area contributed by atoms with Crippen molar-refractivity contribution >= 4 is 0 Å². The van der Waals surface area contributed by atoms with Crippen LogP contribution in [0.1, 0.15) is 46.5 Å². The molecule has 0 spiro atoms. The van der Waals surface area contributed by atoms with Crippen LogP contribution in [0.15, 0.2) is 0 Å². The molecule has 2 nitrogen and oxygen atoms in total. The van der Waals surface area contributed by atoms with Gasteiger partial charge in [0.2, 0.25) is 0 Å². The number of piperidine rings is 1. The summed E-state index contributed by atoms with van der Waals surface area (Å²) in [5.74, 6) is 1.75. The predicted octanol–water partition coefficient (Wildman–Crippen LogP) is 2.49. The highest BCUT2D eigenvalue weighted by Crippen LogP contribution is 2.29. The lowest BCUT2D eigenvalue weighted by Crippen LogP contribution is -2.53. The Hall–Kier alpha value is -0.0800. The largest absolute Gasteiger partial charge is 0.315 e. The summed E-state index contributed by atoms with van der Waals surface area (Å²) < 4.78 is 0. The molecule has 2 heteroatoms. The zero-order valence-corrected chi connectivity index (χ0v) is 11.2. The third-order valence-electron chi connectivity index (χ3n) is 4.63. The molecule has 1 N–H and O–H groups in total. The van der Waals surface area contributed by atoms with E-state index >= 15 is 0 Å². The molecule has 0 radical (unpaired) electrons. The predicted molar refractivity (Wildman–Crippen MR) is 69.6 cm³/mol. The van der Waals surface area contributed by atoms with Crippen LogP contribution in [0.5, 0.6) is 0 Å². The van der Waals surface area contributed by atoms with Gasteiger partial charge in [0.05, 0.1) is 0 Å². The summed E-state index contributed by atoms with van der Waals surface area (Å²) in [6.07, 6.45) is 5.59. The molecular weight excluding hydrogens is 196 g/mol. The van der Waals surface area contributed by atoms with Crippen molar-refractivity contribution in [1.82, 2.24) is 10.2 Å². The van der Waals surface area contributed by atoms with Crippen LogP contribution < -0.4 is 5.32 Å². The highest BCUT2D eigenvalue weighted by Gasteiger charge is 2.33. The lowest BCUT2D eigenvalue weighted by Gasteiger charge is -2.45. The van der Waals surface area contributed by atoms with Gasteiger partial charge in [0.15, 0.2) is 0 Å². The SMILES string of the molecule is CC1CC(C)C(C)N(C2CCCCNC2)C1. The van der Waals surface area contributed by atoms with Crippen LogP contribution in [-0.2, 0) is 0 Å². The smallest absolute Gasteiger partial charge is 0.0223 e. The van der Waals surface area contributed by atoms with Gasteiger partial charge < -0.3 is 5.32 Å². The second-order valence-electron chi connectivity index (χ2n) is 6.11. The van der Waals surface area contributed by atoms with Crippen molar-refractivity contribution in [3.8, 4) is 0 Å². The van der Waals surface area contributed by atoms with Crippen molar-refractivity contribution in [2.45, 2.75) is 58.5 Å². The van der Waals surface area contributed by atoms with Gasteiger partial charge >= 0.3 is 0 Å². The number of nitrogens with one attached hydrogen (secondary N) is 1. The van der Waals surface area contributed by atoms with Gasteiger partial charge in [-0.05, 0) is 44.6 Å². The van der Waals surface area contributed by atoms with Crippen LogP contribution in [0.25, 0.3) is 0 Å². The van der Waals surface area contributed by atoms with Crippen molar-refractivity contribution in [2.75, 3.05) is 19.6 Å². The molecule has 0 aromatic rings. The van der Waals surface area contributed by atoms with Gasteiger partial charge in [0, 0.05) is 25.2 Å². The van der Waals surface area contributed by atoms with E-state index in [-0.39, 0.29) is 0 Å². The van der Waals surface area contributed by atoms with E-state index in [2.05, 4.69) is 31.0 Å². The Morgan fingerprint density at radius 2 is 1.94 bits per heavy atom. The Morgan fingerprint density at radius 3 is 2.75 bits per heavy atom. The molecule has 0 aromatic carbocycles. The van der Waals surface area contributed by atoms with E-state index in [4.69, 9.17) is 0 Å². The zero-order chi connectivity index (χ0) is 11.5. The van der Waals surface area contributed by atoms with Gasteiger partial charge in [-0.2, -0.15) is 0 Å². The van der Waals surface area contributed by atoms with Gasteiger partial charge in [-0.25, -0.2) is 0 Å². The van der Waals surface area contributed by atoms with E-state index in [1.165, 1.54) is 45.3 Å². The molecular formula is C14H28N2. The molecule has 0 saturated carbocycles. The van der Waals surface area contributed by atoms with Gasteiger partial charge in [-0.15, -0.1) is 0 Å². The van der Waals surface area contributed by atoms with E-state index < -0.39 is 0 Å². The molecule has 16 heavy (non-hydrogen) atoms. The van der Waals surface area contributed by atoms with E-state index in [0.717, 1.165) is 23.9 Å². The van der Waals surface area contributed by atoms with Crippen LogP contribution in [0.3, 0.4) is 0 Å². The first-order valence-electron chi connectivity index (χ1n) is 7.15. The Labute approximate surface area is 101 Å². The molecule has 0 bridgehead atoms. The van der Waals surface area contributed by atoms with Crippen molar-refractivity contribution in [3.63, 3.8) is 0 Å². The van der Waals surface area contributed by atoms with Crippen molar-refractivity contribution in [1.29, 1.82) is 0 Å². The molecule has 2 heterocycles. The maximum atomic E-state index is 3.60. The third-order valence-corrected chi connectivity index (χ3v) is 4.63. The second kappa shape index (κ2) is 5.50. The van der Waals surface area contributed by atoms with Crippen LogP contribution in [-0.4, -0.2) is 36.6 Å². The average molecular weight is 224 g/mol. The lowest BCUT2D eigenvalue weighted by molar-refractivity contribution is 0.0385. The maximum absolute atomic E-state index is 3.60. The summed E-state index contributed by atoms with van der Waals surface area (Å²) in [6.45, 7) is 11.0. The Kier molecular flexibility index (Phi) is 4.26. The van der Waals surface area contributed by atoms with Crippen LogP contribution in [0.2, 0.25) is 0 Å². The second-order valence-corrected chi connectivity index (χ2v) is 6.11. The molecule has 0 aromatic heterocycles. The monoisotopic (exact) mass is 224 g/mol. The maximum Gasteiger partial charge on any atom is 0.0223 e. The van der Waals surface area contributed by atoms with Crippen LogP contribution in [0, 0.1) is 11.8 Å².